The number of ether oxygens (including phenoxy) is 2. The molecule has 1 rings (SSSR count). The largest absolute Gasteiger partial charge is 0.385 e. The Morgan fingerprint density at radius 1 is 1.11 bits per heavy atom. The summed E-state index contributed by atoms with van der Waals surface area (Å²) >= 11 is 0. The molecule has 0 aromatic carbocycles. The van der Waals surface area contributed by atoms with Crippen molar-refractivity contribution in [3.05, 3.63) is 0 Å². The summed E-state index contributed by atoms with van der Waals surface area (Å²) in [5, 5.41) is 0. The summed E-state index contributed by atoms with van der Waals surface area (Å²) in [6.45, 7) is 2.51. The fraction of sp³-hybridized carbons (Fsp3) is 0.929. The van der Waals surface area contributed by atoms with E-state index in [0.717, 1.165) is 32.1 Å². The maximum atomic E-state index is 12.6. The van der Waals surface area contributed by atoms with Crippen molar-refractivity contribution in [2.24, 2.45) is 5.73 Å². The minimum Gasteiger partial charge on any atom is -0.385 e. The molecule has 5 nitrogen and oxygen atoms in total. The van der Waals surface area contributed by atoms with E-state index in [1.807, 2.05) is 4.90 Å². The van der Waals surface area contributed by atoms with E-state index in [9.17, 15) is 4.79 Å². The van der Waals surface area contributed by atoms with E-state index in [-0.39, 0.29) is 5.91 Å². The Bertz CT molecular complexity index is 265. The van der Waals surface area contributed by atoms with Crippen molar-refractivity contribution in [3.8, 4) is 0 Å². The molecule has 5 heteroatoms. The van der Waals surface area contributed by atoms with Crippen LogP contribution in [0, 0.1) is 0 Å². The van der Waals surface area contributed by atoms with E-state index in [1.54, 1.807) is 14.2 Å². The lowest BCUT2D eigenvalue weighted by molar-refractivity contribution is -0.139. The number of amides is 1. The first kappa shape index (κ1) is 16.4. The van der Waals surface area contributed by atoms with Gasteiger partial charge in [-0.1, -0.05) is 19.3 Å². The number of nitrogens with two attached hydrogens (primary N) is 1. The Morgan fingerprint density at radius 3 is 2.32 bits per heavy atom. The van der Waals surface area contributed by atoms with Gasteiger partial charge in [0.1, 0.15) is 0 Å². The van der Waals surface area contributed by atoms with Crippen LogP contribution in [0.15, 0.2) is 0 Å². The normalized spacial score (nSPS) is 18.3. The lowest BCUT2D eigenvalue weighted by Crippen LogP contribution is -2.57. The number of nitrogens with zero attached hydrogens (tertiary/aromatic N) is 1. The molecule has 1 fully saturated rings. The highest BCUT2D eigenvalue weighted by molar-refractivity contribution is 5.86. The molecule has 0 aromatic rings. The fourth-order valence-electron chi connectivity index (χ4n) is 2.63. The Balaban J connectivity index is 2.57. The van der Waals surface area contributed by atoms with Gasteiger partial charge in [0, 0.05) is 33.9 Å². The summed E-state index contributed by atoms with van der Waals surface area (Å²) in [6.07, 6.45) is 5.74. The second kappa shape index (κ2) is 8.51. The summed E-state index contributed by atoms with van der Waals surface area (Å²) in [5.41, 5.74) is 5.66. The molecule has 2 N–H and O–H groups in total. The van der Waals surface area contributed by atoms with Crippen LogP contribution in [0.1, 0.15) is 38.5 Å². The van der Waals surface area contributed by atoms with Gasteiger partial charge in [-0.05, 0) is 19.3 Å². The smallest absolute Gasteiger partial charge is 0.242 e. The van der Waals surface area contributed by atoms with Crippen LogP contribution in [0.4, 0.5) is 0 Å². The summed E-state index contributed by atoms with van der Waals surface area (Å²) in [6, 6.07) is 0. The third-order valence-corrected chi connectivity index (χ3v) is 3.80. The fourth-order valence-corrected chi connectivity index (χ4v) is 2.63. The minimum atomic E-state index is -0.654. The third-order valence-electron chi connectivity index (χ3n) is 3.80. The van der Waals surface area contributed by atoms with Gasteiger partial charge in [0.25, 0.3) is 0 Å². The summed E-state index contributed by atoms with van der Waals surface area (Å²) < 4.78 is 10.1. The predicted octanol–water partition coefficient (Wildman–Crippen LogP) is 1.16. The van der Waals surface area contributed by atoms with Crippen molar-refractivity contribution >= 4 is 5.91 Å². The lowest BCUT2D eigenvalue weighted by atomic mass is 9.81. The average Bonchev–Trinajstić information content (AvgIpc) is 2.43. The molecule has 0 radical (unpaired) electrons. The van der Waals surface area contributed by atoms with Crippen LogP contribution in [-0.2, 0) is 14.3 Å². The zero-order valence-corrected chi connectivity index (χ0v) is 12.3. The summed E-state index contributed by atoms with van der Waals surface area (Å²) in [5.74, 6) is 0.0837. The van der Waals surface area contributed by atoms with Gasteiger partial charge in [-0.25, -0.2) is 0 Å². The van der Waals surface area contributed by atoms with Crippen LogP contribution in [-0.4, -0.2) is 56.9 Å². The molecule has 0 unspecified atom stereocenters. The number of hydrogen-bond acceptors (Lipinski definition) is 4. The number of methoxy groups -OCH3 is 2. The first-order valence-electron chi connectivity index (χ1n) is 7.20. The van der Waals surface area contributed by atoms with Crippen LogP contribution in [0.3, 0.4) is 0 Å². The Kier molecular flexibility index (Phi) is 7.34. The van der Waals surface area contributed by atoms with Crippen LogP contribution < -0.4 is 5.73 Å². The molecule has 1 aliphatic rings. The van der Waals surface area contributed by atoms with E-state index in [1.165, 1.54) is 6.42 Å². The standard InChI is InChI=1S/C14H28N2O3/c1-18-11-6-9-16(10-12-19-2)13(17)14(15)7-4-3-5-8-14/h3-12,15H2,1-2H3. The quantitative estimate of drug-likeness (QED) is 0.673. The van der Waals surface area contributed by atoms with E-state index in [0.29, 0.717) is 26.3 Å². The molecule has 112 valence electrons. The second-order valence-corrected chi connectivity index (χ2v) is 5.35. The topological polar surface area (TPSA) is 64.8 Å². The van der Waals surface area contributed by atoms with Crippen molar-refractivity contribution in [2.75, 3.05) is 40.5 Å². The van der Waals surface area contributed by atoms with Crippen molar-refractivity contribution < 1.29 is 14.3 Å². The summed E-state index contributed by atoms with van der Waals surface area (Å²) in [7, 11) is 3.32. The highest BCUT2D eigenvalue weighted by Gasteiger charge is 2.37. The number of carbonyl (C=O) groups is 1. The number of hydrogen-bond donors (Lipinski definition) is 1. The van der Waals surface area contributed by atoms with Crippen LogP contribution in [0.5, 0.6) is 0 Å². The number of rotatable bonds is 8. The highest BCUT2D eigenvalue weighted by Crippen LogP contribution is 2.27. The molecule has 1 amide bonds. The first-order valence-corrected chi connectivity index (χ1v) is 7.20. The van der Waals surface area contributed by atoms with Crippen molar-refractivity contribution in [1.82, 2.24) is 4.90 Å². The van der Waals surface area contributed by atoms with Crippen LogP contribution in [0.2, 0.25) is 0 Å². The summed E-state index contributed by atoms with van der Waals surface area (Å²) in [4.78, 5) is 14.5. The molecule has 1 aliphatic carbocycles. The van der Waals surface area contributed by atoms with Gasteiger partial charge in [-0.3, -0.25) is 4.79 Å². The van der Waals surface area contributed by atoms with Gasteiger partial charge in [-0.15, -0.1) is 0 Å². The molecule has 0 saturated heterocycles. The van der Waals surface area contributed by atoms with E-state index in [2.05, 4.69) is 0 Å². The van der Waals surface area contributed by atoms with Gasteiger partial charge in [-0.2, -0.15) is 0 Å². The molecule has 0 aliphatic heterocycles. The van der Waals surface area contributed by atoms with Gasteiger partial charge < -0.3 is 20.1 Å². The second-order valence-electron chi connectivity index (χ2n) is 5.35. The molecule has 0 spiro atoms. The SMILES string of the molecule is COCCCN(CCOC)C(=O)C1(N)CCCCC1. The molecule has 0 aromatic heterocycles. The maximum Gasteiger partial charge on any atom is 0.242 e. The van der Waals surface area contributed by atoms with E-state index < -0.39 is 5.54 Å². The van der Waals surface area contributed by atoms with Gasteiger partial charge in [0.15, 0.2) is 0 Å². The molecule has 1 saturated carbocycles. The molecule has 0 heterocycles. The van der Waals surface area contributed by atoms with E-state index >= 15 is 0 Å². The molecule has 19 heavy (non-hydrogen) atoms. The number of carbonyl (C=O) groups excluding carboxylic acids is 1. The van der Waals surface area contributed by atoms with Gasteiger partial charge in [0.2, 0.25) is 5.91 Å². The Hall–Kier alpha value is -0.650. The van der Waals surface area contributed by atoms with Crippen LogP contribution >= 0.6 is 0 Å². The van der Waals surface area contributed by atoms with Gasteiger partial charge >= 0.3 is 0 Å². The third kappa shape index (κ3) is 5.09. The van der Waals surface area contributed by atoms with Crippen molar-refractivity contribution in [2.45, 2.75) is 44.1 Å². The zero-order chi connectivity index (χ0) is 14.1. The maximum absolute atomic E-state index is 12.6. The lowest BCUT2D eigenvalue weighted by Gasteiger charge is -2.37. The predicted molar refractivity (Wildman–Crippen MR) is 75.0 cm³/mol. The highest BCUT2D eigenvalue weighted by atomic mass is 16.5. The first-order chi connectivity index (χ1) is 9.14. The Morgan fingerprint density at radius 2 is 1.74 bits per heavy atom. The molecule has 0 bridgehead atoms. The minimum absolute atomic E-state index is 0.0837. The van der Waals surface area contributed by atoms with Crippen LogP contribution in [0.25, 0.3) is 0 Å². The molecular weight excluding hydrogens is 244 g/mol. The van der Waals surface area contributed by atoms with E-state index in [4.69, 9.17) is 15.2 Å². The zero-order valence-electron chi connectivity index (χ0n) is 12.3. The molecule has 0 atom stereocenters. The Labute approximate surface area is 116 Å². The van der Waals surface area contributed by atoms with Gasteiger partial charge in [0.05, 0.1) is 12.1 Å². The molecular formula is C14H28N2O3. The monoisotopic (exact) mass is 272 g/mol. The van der Waals surface area contributed by atoms with Crippen molar-refractivity contribution in [3.63, 3.8) is 0 Å². The van der Waals surface area contributed by atoms with Crippen molar-refractivity contribution in [1.29, 1.82) is 0 Å². The average molecular weight is 272 g/mol.